The van der Waals surface area contributed by atoms with E-state index in [1.54, 1.807) is 0 Å². The summed E-state index contributed by atoms with van der Waals surface area (Å²) in [4.78, 5) is 6.06. The number of hydrogen-bond donors (Lipinski definition) is 0. The summed E-state index contributed by atoms with van der Waals surface area (Å²) in [6.07, 6.45) is 2.17. The van der Waals surface area contributed by atoms with Gasteiger partial charge in [0.1, 0.15) is 0 Å². The van der Waals surface area contributed by atoms with Gasteiger partial charge in [-0.25, -0.2) is 0 Å². The van der Waals surface area contributed by atoms with Crippen molar-refractivity contribution < 1.29 is 0 Å². The Labute approximate surface area is 122 Å². The number of aliphatic imine (C=N–C) groups is 1. The maximum Gasteiger partial charge on any atom is 0.0783 e. The second-order valence-electron chi connectivity index (χ2n) is 4.49. The molecule has 0 saturated carbocycles. The molecule has 0 unspecified atom stereocenters. The first-order chi connectivity index (χ1) is 9.33. The summed E-state index contributed by atoms with van der Waals surface area (Å²) < 4.78 is 0. The van der Waals surface area contributed by atoms with Crippen molar-refractivity contribution in [3.8, 4) is 0 Å². The Balaban J connectivity index is 2.08. The van der Waals surface area contributed by atoms with E-state index in [1.165, 1.54) is 10.5 Å². The van der Waals surface area contributed by atoms with Crippen molar-refractivity contribution >= 4 is 34.8 Å². The van der Waals surface area contributed by atoms with Crippen molar-refractivity contribution in [3.05, 3.63) is 59.1 Å². The molecule has 0 aromatic heterocycles. The molecular formula is C16H14ClNS. The van der Waals surface area contributed by atoms with E-state index in [4.69, 9.17) is 16.6 Å². The van der Waals surface area contributed by atoms with Gasteiger partial charge in [-0.3, -0.25) is 4.99 Å². The van der Waals surface area contributed by atoms with Crippen LogP contribution in [0.1, 0.15) is 18.4 Å². The predicted octanol–water partition coefficient (Wildman–Crippen LogP) is 5.35. The van der Waals surface area contributed by atoms with Gasteiger partial charge < -0.3 is 0 Å². The lowest BCUT2D eigenvalue weighted by Gasteiger charge is -2.13. The fourth-order valence-corrected chi connectivity index (χ4v) is 3.25. The molecule has 2 aromatic rings. The Morgan fingerprint density at radius 2 is 1.89 bits per heavy atom. The normalized spacial score (nSPS) is 15.1. The van der Waals surface area contributed by atoms with Crippen LogP contribution in [-0.2, 0) is 0 Å². The van der Waals surface area contributed by atoms with Crippen LogP contribution in [0.5, 0.6) is 0 Å². The van der Waals surface area contributed by atoms with Crippen LogP contribution in [0.15, 0.2) is 58.4 Å². The summed E-state index contributed by atoms with van der Waals surface area (Å²) in [7, 11) is 0. The Bertz CT molecular complexity index is 607. The Morgan fingerprint density at radius 3 is 2.74 bits per heavy atom. The smallest absolute Gasteiger partial charge is 0.0783 e. The lowest BCUT2D eigenvalue weighted by Crippen LogP contribution is -2.03. The van der Waals surface area contributed by atoms with Crippen LogP contribution in [0.2, 0.25) is 5.02 Å². The zero-order valence-corrected chi connectivity index (χ0v) is 12.0. The number of benzene rings is 2. The molecule has 0 radical (unpaired) electrons. The molecule has 1 aliphatic heterocycles. The number of hydrogen-bond acceptors (Lipinski definition) is 2. The molecule has 19 heavy (non-hydrogen) atoms. The maximum atomic E-state index is 6.09. The van der Waals surface area contributed by atoms with Crippen molar-refractivity contribution in [2.45, 2.75) is 17.7 Å². The van der Waals surface area contributed by atoms with Gasteiger partial charge >= 0.3 is 0 Å². The third kappa shape index (κ3) is 3.02. The van der Waals surface area contributed by atoms with Crippen LogP contribution < -0.4 is 0 Å². The third-order valence-corrected chi connectivity index (χ3v) is 4.48. The van der Waals surface area contributed by atoms with E-state index < -0.39 is 0 Å². The monoisotopic (exact) mass is 287 g/mol. The second kappa shape index (κ2) is 5.81. The second-order valence-corrected chi connectivity index (χ2v) is 6.06. The fraction of sp³-hybridized carbons (Fsp3) is 0.188. The van der Waals surface area contributed by atoms with Gasteiger partial charge in [0, 0.05) is 15.6 Å². The maximum absolute atomic E-state index is 6.09. The largest absolute Gasteiger partial charge is 0.252 e. The predicted molar refractivity (Wildman–Crippen MR) is 84.0 cm³/mol. The van der Waals surface area contributed by atoms with Gasteiger partial charge in [-0.1, -0.05) is 41.9 Å². The highest BCUT2D eigenvalue weighted by atomic mass is 35.5. The van der Waals surface area contributed by atoms with E-state index >= 15 is 0 Å². The fourth-order valence-electron chi connectivity index (χ4n) is 2.16. The van der Waals surface area contributed by atoms with Gasteiger partial charge in [-0.15, -0.1) is 11.8 Å². The highest BCUT2D eigenvalue weighted by molar-refractivity contribution is 7.99. The zero-order valence-electron chi connectivity index (χ0n) is 10.5. The molecule has 0 atom stereocenters. The van der Waals surface area contributed by atoms with Crippen LogP contribution in [0.3, 0.4) is 0 Å². The van der Waals surface area contributed by atoms with Crippen LogP contribution in [-0.4, -0.2) is 11.5 Å². The molecule has 0 bridgehead atoms. The van der Waals surface area contributed by atoms with Crippen LogP contribution in [0.25, 0.3) is 0 Å². The number of fused-ring (bicyclic) bond motifs is 1. The number of rotatable bonds is 1. The van der Waals surface area contributed by atoms with E-state index in [2.05, 4.69) is 30.3 Å². The Hall–Kier alpha value is -1.25. The van der Waals surface area contributed by atoms with Crippen LogP contribution >= 0.6 is 23.4 Å². The highest BCUT2D eigenvalue weighted by Gasteiger charge is 2.11. The quantitative estimate of drug-likeness (QED) is 0.689. The molecule has 0 aliphatic carbocycles. The molecule has 1 aliphatic rings. The standard InChI is InChI=1S/C16H14ClNS/c17-13-8-9-16-15(11-13)18-14(7-4-10-19-16)12-5-2-1-3-6-12/h1-3,5-6,8-9,11H,4,7,10H2. The summed E-state index contributed by atoms with van der Waals surface area (Å²) in [6, 6.07) is 16.4. The van der Waals surface area contributed by atoms with Gasteiger partial charge in [0.15, 0.2) is 0 Å². The zero-order chi connectivity index (χ0) is 13.1. The Kier molecular flexibility index (Phi) is 3.90. The first-order valence-electron chi connectivity index (χ1n) is 6.38. The summed E-state index contributed by atoms with van der Waals surface area (Å²) in [5.74, 6) is 1.13. The summed E-state index contributed by atoms with van der Waals surface area (Å²) in [6.45, 7) is 0. The Morgan fingerprint density at radius 1 is 1.05 bits per heavy atom. The molecule has 96 valence electrons. The highest BCUT2D eigenvalue weighted by Crippen LogP contribution is 2.35. The molecule has 3 rings (SSSR count). The molecule has 0 N–H and O–H groups in total. The summed E-state index contributed by atoms with van der Waals surface area (Å²) >= 11 is 7.95. The van der Waals surface area contributed by atoms with Crippen molar-refractivity contribution in [2.75, 3.05) is 5.75 Å². The van der Waals surface area contributed by atoms with E-state index in [-0.39, 0.29) is 0 Å². The van der Waals surface area contributed by atoms with E-state index in [9.17, 15) is 0 Å². The topological polar surface area (TPSA) is 12.4 Å². The first kappa shape index (κ1) is 12.8. The van der Waals surface area contributed by atoms with Gasteiger partial charge in [0.05, 0.1) is 5.69 Å². The van der Waals surface area contributed by atoms with Crippen molar-refractivity contribution in [1.29, 1.82) is 0 Å². The average Bonchev–Trinajstić information content (AvgIpc) is 2.41. The molecule has 0 fully saturated rings. The molecule has 3 heteroatoms. The lowest BCUT2D eigenvalue weighted by atomic mass is 10.1. The molecule has 0 saturated heterocycles. The summed E-state index contributed by atoms with van der Waals surface area (Å²) in [5.41, 5.74) is 3.36. The lowest BCUT2D eigenvalue weighted by molar-refractivity contribution is 0.998. The summed E-state index contributed by atoms with van der Waals surface area (Å²) in [5, 5.41) is 0.746. The molecule has 1 nitrogen and oxygen atoms in total. The minimum absolute atomic E-state index is 0.746. The first-order valence-corrected chi connectivity index (χ1v) is 7.74. The van der Waals surface area contributed by atoms with Crippen molar-refractivity contribution in [3.63, 3.8) is 0 Å². The van der Waals surface area contributed by atoms with Gasteiger partial charge in [-0.05, 0) is 42.4 Å². The van der Waals surface area contributed by atoms with Gasteiger partial charge in [0.2, 0.25) is 0 Å². The van der Waals surface area contributed by atoms with Crippen molar-refractivity contribution in [2.24, 2.45) is 4.99 Å². The number of nitrogens with zero attached hydrogens (tertiary/aromatic N) is 1. The minimum atomic E-state index is 0.746. The van der Waals surface area contributed by atoms with E-state index in [0.29, 0.717) is 0 Å². The third-order valence-electron chi connectivity index (χ3n) is 3.10. The van der Waals surface area contributed by atoms with E-state index in [1.807, 2.05) is 30.0 Å². The molecule has 2 aromatic carbocycles. The van der Waals surface area contributed by atoms with Gasteiger partial charge in [-0.2, -0.15) is 0 Å². The van der Waals surface area contributed by atoms with Crippen molar-refractivity contribution in [1.82, 2.24) is 0 Å². The molecular weight excluding hydrogens is 274 g/mol. The van der Waals surface area contributed by atoms with Gasteiger partial charge in [0.25, 0.3) is 0 Å². The van der Waals surface area contributed by atoms with Crippen LogP contribution in [0.4, 0.5) is 5.69 Å². The SMILES string of the molecule is Clc1ccc2c(c1)N=C(c1ccccc1)CCCS2. The molecule has 0 amide bonds. The number of thioether (sulfide) groups is 1. The van der Waals surface area contributed by atoms with Crippen LogP contribution in [0, 0.1) is 0 Å². The van der Waals surface area contributed by atoms with E-state index in [0.717, 1.165) is 35.0 Å². The average molecular weight is 288 g/mol. The molecule has 1 heterocycles. The minimum Gasteiger partial charge on any atom is -0.252 e. The molecule has 0 spiro atoms. The number of halogens is 1.